The van der Waals surface area contributed by atoms with Gasteiger partial charge in [-0.05, 0) is 54.8 Å². The van der Waals surface area contributed by atoms with Gasteiger partial charge in [0.2, 0.25) is 0 Å². The van der Waals surface area contributed by atoms with Gasteiger partial charge in [-0.2, -0.15) is 0 Å². The maximum absolute atomic E-state index is 14.1. The summed E-state index contributed by atoms with van der Waals surface area (Å²) in [5, 5.41) is 5.67. The lowest BCUT2D eigenvalue weighted by molar-refractivity contribution is 0.191. The van der Waals surface area contributed by atoms with Crippen molar-refractivity contribution in [1.82, 2.24) is 10.2 Å². The molecule has 0 bridgehead atoms. The molecular formula is C26H26F2N4O2. The molecule has 1 aliphatic rings. The summed E-state index contributed by atoms with van der Waals surface area (Å²) in [6, 6.07) is 17.5. The van der Waals surface area contributed by atoms with E-state index in [1.807, 2.05) is 43.3 Å². The molecule has 1 saturated heterocycles. The Balaban J connectivity index is 1.50. The van der Waals surface area contributed by atoms with E-state index in [-0.39, 0.29) is 24.2 Å². The highest BCUT2D eigenvalue weighted by atomic mass is 19.1. The average molecular weight is 465 g/mol. The molecule has 0 aliphatic carbocycles. The van der Waals surface area contributed by atoms with E-state index in [2.05, 4.69) is 10.6 Å². The fourth-order valence-corrected chi connectivity index (χ4v) is 3.95. The van der Waals surface area contributed by atoms with E-state index in [4.69, 9.17) is 0 Å². The molecule has 1 heterocycles. The maximum Gasteiger partial charge on any atom is 0.324 e. The van der Waals surface area contributed by atoms with Crippen molar-refractivity contribution >= 4 is 23.4 Å². The van der Waals surface area contributed by atoms with Crippen LogP contribution in [-0.4, -0.2) is 30.1 Å². The van der Waals surface area contributed by atoms with Gasteiger partial charge in [0.15, 0.2) is 0 Å². The van der Waals surface area contributed by atoms with Gasteiger partial charge in [-0.15, -0.1) is 0 Å². The van der Waals surface area contributed by atoms with Crippen LogP contribution in [-0.2, 0) is 13.1 Å². The highest BCUT2D eigenvalue weighted by Crippen LogP contribution is 2.30. The van der Waals surface area contributed by atoms with Gasteiger partial charge in [-0.1, -0.05) is 36.4 Å². The zero-order valence-corrected chi connectivity index (χ0v) is 18.9. The molecule has 2 N–H and O–H groups in total. The maximum atomic E-state index is 14.1. The Morgan fingerprint density at radius 1 is 1.00 bits per heavy atom. The van der Waals surface area contributed by atoms with Crippen molar-refractivity contribution in [2.45, 2.75) is 26.4 Å². The topological polar surface area (TPSA) is 64.7 Å². The molecule has 0 spiro atoms. The minimum Gasteiger partial charge on any atom is -0.334 e. The third kappa shape index (κ3) is 5.51. The molecule has 6 nitrogen and oxygen atoms in total. The molecule has 4 amide bonds. The molecule has 3 aromatic rings. The molecule has 0 radical (unpaired) electrons. The van der Waals surface area contributed by atoms with Gasteiger partial charge in [-0.3, -0.25) is 4.90 Å². The van der Waals surface area contributed by atoms with Crippen molar-refractivity contribution in [3.05, 3.63) is 95.1 Å². The number of amides is 4. The van der Waals surface area contributed by atoms with Gasteiger partial charge in [0, 0.05) is 25.2 Å². The first-order chi connectivity index (χ1) is 16.4. The zero-order valence-electron chi connectivity index (χ0n) is 18.9. The third-order valence-corrected chi connectivity index (χ3v) is 5.67. The molecule has 176 valence electrons. The molecule has 4 rings (SSSR count). The van der Waals surface area contributed by atoms with Crippen molar-refractivity contribution in [3.63, 3.8) is 0 Å². The molecule has 0 aromatic heterocycles. The average Bonchev–Trinajstić information content (AvgIpc) is 2.82. The fraction of sp³-hybridized carbons (Fsp3) is 0.231. The molecule has 3 aromatic carbocycles. The number of hydrogen-bond acceptors (Lipinski definition) is 2. The first-order valence-electron chi connectivity index (χ1n) is 11.1. The lowest BCUT2D eigenvalue weighted by Crippen LogP contribution is -2.49. The molecule has 0 atom stereocenters. The van der Waals surface area contributed by atoms with Crippen LogP contribution in [0.5, 0.6) is 0 Å². The van der Waals surface area contributed by atoms with Crippen LogP contribution in [0, 0.1) is 18.6 Å². The van der Waals surface area contributed by atoms with E-state index in [0.29, 0.717) is 37.4 Å². The number of carbonyl (C=O) groups is 2. The molecular weight excluding hydrogens is 438 g/mol. The number of rotatable bonds is 6. The number of carbonyl (C=O) groups excluding carboxylic acids is 2. The molecule has 34 heavy (non-hydrogen) atoms. The van der Waals surface area contributed by atoms with E-state index in [0.717, 1.165) is 29.3 Å². The van der Waals surface area contributed by atoms with Crippen LogP contribution in [0.1, 0.15) is 23.1 Å². The Bertz CT molecular complexity index is 1190. The van der Waals surface area contributed by atoms with Crippen molar-refractivity contribution in [3.8, 4) is 0 Å². The second-order valence-electron chi connectivity index (χ2n) is 8.26. The summed E-state index contributed by atoms with van der Waals surface area (Å²) in [7, 11) is 0. The Kier molecular flexibility index (Phi) is 7.06. The molecule has 0 unspecified atom stereocenters. The van der Waals surface area contributed by atoms with E-state index in [9.17, 15) is 18.4 Å². The lowest BCUT2D eigenvalue weighted by Gasteiger charge is -2.36. The second-order valence-corrected chi connectivity index (χ2v) is 8.26. The van der Waals surface area contributed by atoms with Crippen LogP contribution in [0.4, 0.5) is 29.7 Å². The molecule has 8 heteroatoms. The first-order valence-corrected chi connectivity index (χ1v) is 11.1. The summed E-state index contributed by atoms with van der Waals surface area (Å²) in [4.78, 5) is 28.9. The van der Waals surface area contributed by atoms with Crippen LogP contribution < -0.4 is 15.5 Å². The van der Waals surface area contributed by atoms with Crippen molar-refractivity contribution in [1.29, 1.82) is 0 Å². The number of halogens is 2. The smallest absolute Gasteiger partial charge is 0.324 e. The van der Waals surface area contributed by atoms with Gasteiger partial charge in [0.05, 0.1) is 17.9 Å². The molecule has 1 aliphatic heterocycles. The fourth-order valence-electron chi connectivity index (χ4n) is 3.95. The van der Waals surface area contributed by atoms with E-state index >= 15 is 0 Å². The third-order valence-electron chi connectivity index (χ3n) is 5.67. The summed E-state index contributed by atoms with van der Waals surface area (Å²) in [5.41, 5.74) is 3.06. The monoisotopic (exact) mass is 464 g/mol. The van der Waals surface area contributed by atoms with Gasteiger partial charge in [0.25, 0.3) is 0 Å². The second kappa shape index (κ2) is 10.3. The Labute approximate surface area is 197 Å². The molecule has 0 saturated carbocycles. The standard InChI is InChI=1S/C26H26F2N4O2/c1-18-8-11-24(23(14-18)30-25(33)29-16-19-6-3-2-4-7-19)32-13-5-12-31(26(32)34)17-20-15-21(27)9-10-22(20)28/h2-4,6-11,14-15H,5,12-13,16-17H2,1H3,(H2,29,30,33). The summed E-state index contributed by atoms with van der Waals surface area (Å²) in [6.07, 6.45) is 0.649. The van der Waals surface area contributed by atoms with Gasteiger partial charge < -0.3 is 15.5 Å². The summed E-state index contributed by atoms with van der Waals surface area (Å²) in [6.45, 7) is 3.10. The lowest BCUT2D eigenvalue weighted by atomic mass is 10.1. The van der Waals surface area contributed by atoms with Crippen molar-refractivity contribution in [2.75, 3.05) is 23.3 Å². The number of nitrogens with one attached hydrogen (secondary N) is 2. The highest BCUT2D eigenvalue weighted by molar-refractivity contribution is 6.00. The zero-order chi connectivity index (χ0) is 24.1. The van der Waals surface area contributed by atoms with Crippen LogP contribution >= 0.6 is 0 Å². The Morgan fingerprint density at radius 2 is 1.79 bits per heavy atom. The van der Waals surface area contributed by atoms with Crippen LogP contribution in [0.15, 0.2) is 66.7 Å². The minimum atomic E-state index is -0.556. The van der Waals surface area contributed by atoms with Gasteiger partial charge in [-0.25, -0.2) is 18.4 Å². The number of urea groups is 2. The van der Waals surface area contributed by atoms with Crippen LogP contribution in [0.2, 0.25) is 0 Å². The Hall–Kier alpha value is -3.94. The van der Waals surface area contributed by atoms with Crippen molar-refractivity contribution in [2.24, 2.45) is 0 Å². The number of benzene rings is 3. The summed E-state index contributed by atoms with van der Waals surface area (Å²) < 4.78 is 27.7. The normalized spacial score (nSPS) is 13.7. The minimum absolute atomic E-state index is 0.0366. The van der Waals surface area contributed by atoms with E-state index in [1.165, 1.54) is 4.90 Å². The van der Waals surface area contributed by atoms with Gasteiger partial charge in [0.1, 0.15) is 11.6 Å². The SMILES string of the molecule is Cc1ccc(N2CCCN(Cc3cc(F)ccc3F)C2=O)c(NC(=O)NCc2ccccc2)c1. The largest absolute Gasteiger partial charge is 0.334 e. The summed E-state index contributed by atoms with van der Waals surface area (Å²) in [5.74, 6) is -1.11. The van der Waals surface area contributed by atoms with Crippen LogP contribution in [0.25, 0.3) is 0 Å². The quantitative estimate of drug-likeness (QED) is 0.511. The predicted octanol–water partition coefficient (Wildman–Crippen LogP) is 5.43. The number of hydrogen-bond donors (Lipinski definition) is 2. The van der Waals surface area contributed by atoms with E-state index < -0.39 is 11.6 Å². The first kappa shape index (κ1) is 23.2. The summed E-state index contributed by atoms with van der Waals surface area (Å²) >= 11 is 0. The number of aryl methyl sites for hydroxylation is 1. The van der Waals surface area contributed by atoms with Crippen molar-refractivity contribution < 1.29 is 18.4 Å². The number of nitrogens with zero attached hydrogens (tertiary/aromatic N) is 2. The number of anilines is 2. The van der Waals surface area contributed by atoms with Gasteiger partial charge >= 0.3 is 12.1 Å². The van der Waals surface area contributed by atoms with Crippen LogP contribution in [0.3, 0.4) is 0 Å². The Morgan fingerprint density at radius 3 is 2.59 bits per heavy atom. The van der Waals surface area contributed by atoms with E-state index in [1.54, 1.807) is 17.0 Å². The molecule has 1 fully saturated rings. The highest BCUT2D eigenvalue weighted by Gasteiger charge is 2.29. The predicted molar refractivity (Wildman–Crippen MR) is 128 cm³/mol.